The van der Waals surface area contributed by atoms with E-state index >= 15 is 0 Å². The van der Waals surface area contributed by atoms with Gasteiger partial charge in [-0.2, -0.15) is 0 Å². The zero-order valence-corrected chi connectivity index (χ0v) is 11.8. The van der Waals surface area contributed by atoms with Crippen molar-refractivity contribution in [1.82, 2.24) is 5.32 Å². The van der Waals surface area contributed by atoms with Crippen LogP contribution in [0.15, 0.2) is 60.7 Å². The van der Waals surface area contributed by atoms with Gasteiger partial charge < -0.3 is 10.6 Å². The number of carbonyl (C=O) groups is 1. The van der Waals surface area contributed by atoms with Crippen molar-refractivity contribution >= 4 is 5.91 Å². The van der Waals surface area contributed by atoms with Gasteiger partial charge in [0, 0.05) is 12.1 Å². The lowest BCUT2D eigenvalue weighted by molar-refractivity contribution is -0.682. The van der Waals surface area contributed by atoms with Gasteiger partial charge in [-0.3, -0.25) is 4.79 Å². The molecule has 2 aromatic carbocycles. The maximum absolute atomic E-state index is 11.8. The second-order valence-electron chi connectivity index (χ2n) is 4.90. The molecule has 104 valence electrons. The molecule has 3 nitrogen and oxygen atoms in total. The minimum absolute atomic E-state index is 0.0663. The molecule has 20 heavy (non-hydrogen) atoms. The zero-order chi connectivity index (χ0) is 14.2. The minimum Gasteiger partial charge on any atom is -0.347 e. The second kappa shape index (κ2) is 7.46. The van der Waals surface area contributed by atoms with Gasteiger partial charge >= 0.3 is 0 Å². The summed E-state index contributed by atoms with van der Waals surface area (Å²) in [5.41, 5.74) is 2.36. The van der Waals surface area contributed by atoms with Crippen LogP contribution in [0.5, 0.6) is 0 Å². The van der Waals surface area contributed by atoms with Crippen molar-refractivity contribution in [2.45, 2.75) is 19.5 Å². The van der Waals surface area contributed by atoms with Crippen molar-refractivity contribution in [3.63, 3.8) is 0 Å². The Balaban J connectivity index is 1.73. The summed E-state index contributed by atoms with van der Waals surface area (Å²) in [5, 5.41) is 4.99. The highest BCUT2D eigenvalue weighted by atomic mass is 16.1. The van der Waals surface area contributed by atoms with Crippen LogP contribution in [-0.2, 0) is 11.3 Å². The number of hydrogen-bond acceptors (Lipinski definition) is 1. The van der Waals surface area contributed by atoms with Crippen LogP contribution in [0.2, 0.25) is 0 Å². The van der Waals surface area contributed by atoms with Crippen LogP contribution < -0.4 is 10.6 Å². The number of rotatable bonds is 6. The quantitative estimate of drug-likeness (QED) is 0.822. The van der Waals surface area contributed by atoms with E-state index in [1.807, 2.05) is 48.5 Å². The van der Waals surface area contributed by atoms with Gasteiger partial charge in [0.05, 0.1) is 0 Å². The third-order valence-corrected chi connectivity index (χ3v) is 3.31. The van der Waals surface area contributed by atoms with E-state index < -0.39 is 0 Å². The Morgan fingerprint density at radius 3 is 2.30 bits per heavy atom. The fourth-order valence-corrected chi connectivity index (χ4v) is 2.05. The number of hydrogen-bond donors (Lipinski definition) is 2. The Morgan fingerprint density at radius 1 is 1.05 bits per heavy atom. The normalized spacial score (nSPS) is 11.8. The van der Waals surface area contributed by atoms with Gasteiger partial charge in [-0.05, 0) is 12.5 Å². The van der Waals surface area contributed by atoms with Crippen LogP contribution in [0.4, 0.5) is 0 Å². The standard InChI is InChI=1S/C17H20N2O/c1-14(16-10-6-3-7-11-16)18-13-17(20)19-12-15-8-4-2-5-9-15/h2-11,14,18H,12-13H2,1H3,(H,19,20)/p+1/t14-/m0/s1. The lowest BCUT2D eigenvalue weighted by Gasteiger charge is -2.11. The molecule has 0 saturated carbocycles. The molecular weight excluding hydrogens is 248 g/mol. The summed E-state index contributed by atoms with van der Waals surface area (Å²) in [6.07, 6.45) is 0. The van der Waals surface area contributed by atoms with Gasteiger partial charge in [-0.1, -0.05) is 60.7 Å². The largest absolute Gasteiger partial charge is 0.347 e. The first-order valence-corrected chi connectivity index (χ1v) is 6.94. The fraction of sp³-hybridized carbons (Fsp3) is 0.235. The Kier molecular flexibility index (Phi) is 5.33. The van der Waals surface area contributed by atoms with Gasteiger partial charge in [-0.25, -0.2) is 0 Å². The van der Waals surface area contributed by atoms with Gasteiger partial charge in [-0.15, -0.1) is 0 Å². The van der Waals surface area contributed by atoms with Crippen LogP contribution in [-0.4, -0.2) is 12.5 Å². The summed E-state index contributed by atoms with van der Waals surface area (Å²) in [6.45, 7) is 3.15. The van der Waals surface area contributed by atoms with E-state index in [4.69, 9.17) is 0 Å². The van der Waals surface area contributed by atoms with Crippen molar-refractivity contribution in [2.75, 3.05) is 6.54 Å². The molecule has 1 atom stereocenters. The lowest BCUT2D eigenvalue weighted by Crippen LogP contribution is -2.87. The van der Waals surface area contributed by atoms with Gasteiger partial charge in [0.15, 0.2) is 6.54 Å². The molecule has 3 heteroatoms. The van der Waals surface area contributed by atoms with E-state index in [0.29, 0.717) is 19.1 Å². The Hall–Kier alpha value is -2.13. The fourth-order valence-electron chi connectivity index (χ4n) is 2.05. The van der Waals surface area contributed by atoms with E-state index in [1.165, 1.54) is 5.56 Å². The predicted molar refractivity (Wildman–Crippen MR) is 79.9 cm³/mol. The number of nitrogens with two attached hydrogens (primary N) is 1. The van der Waals surface area contributed by atoms with E-state index in [0.717, 1.165) is 5.56 Å². The number of benzene rings is 2. The smallest absolute Gasteiger partial charge is 0.275 e. The maximum atomic E-state index is 11.8. The molecule has 0 aliphatic heterocycles. The Bertz CT molecular complexity index is 525. The van der Waals surface area contributed by atoms with Crippen molar-refractivity contribution in [1.29, 1.82) is 0 Å². The van der Waals surface area contributed by atoms with E-state index in [9.17, 15) is 4.79 Å². The van der Waals surface area contributed by atoms with Crippen LogP contribution in [0.25, 0.3) is 0 Å². The van der Waals surface area contributed by atoms with E-state index in [1.54, 1.807) is 0 Å². The summed E-state index contributed by atoms with van der Waals surface area (Å²) >= 11 is 0. The topological polar surface area (TPSA) is 45.7 Å². The average Bonchev–Trinajstić information content (AvgIpc) is 2.52. The molecule has 2 rings (SSSR count). The van der Waals surface area contributed by atoms with Gasteiger partial charge in [0.1, 0.15) is 6.04 Å². The monoisotopic (exact) mass is 269 g/mol. The number of amides is 1. The van der Waals surface area contributed by atoms with Crippen molar-refractivity contribution in [2.24, 2.45) is 0 Å². The van der Waals surface area contributed by atoms with Crippen LogP contribution in [0.1, 0.15) is 24.1 Å². The molecule has 0 bridgehead atoms. The third kappa shape index (κ3) is 4.52. The summed E-state index contributed by atoms with van der Waals surface area (Å²) in [5.74, 6) is 0.0663. The summed E-state index contributed by atoms with van der Waals surface area (Å²) < 4.78 is 0. The molecule has 0 heterocycles. The predicted octanol–water partition coefficient (Wildman–Crippen LogP) is 1.63. The Morgan fingerprint density at radius 2 is 1.65 bits per heavy atom. The van der Waals surface area contributed by atoms with Crippen molar-refractivity contribution in [3.8, 4) is 0 Å². The minimum atomic E-state index is 0.0663. The SMILES string of the molecule is C[C@H]([NH2+]CC(=O)NCc1ccccc1)c1ccccc1. The summed E-state index contributed by atoms with van der Waals surface area (Å²) in [4.78, 5) is 11.8. The molecule has 2 aromatic rings. The first-order valence-electron chi connectivity index (χ1n) is 6.94. The molecular formula is C17H21N2O+. The average molecular weight is 269 g/mol. The molecule has 0 aliphatic rings. The molecule has 1 amide bonds. The molecule has 3 N–H and O–H groups in total. The third-order valence-electron chi connectivity index (χ3n) is 3.31. The lowest BCUT2D eigenvalue weighted by atomic mass is 10.1. The highest BCUT2D eigenvalue weighted by Gasteiger charge is 2.10. The number of nitrogens with one attached hydrogen (secondary N) is 1. The second-order valence-corrected chi connectivity index (χ2v) is 4.90. The van der Waals surface area contributed by atoms with E-state index in [2.05, 4.69) is 29.7 Å². The van der Waals surface area contributed by atoms with E-state index in [-0.39, 0.29) is 5.91 Å². The maximum Gasteiger partial charge on any atom is 0.275 e. The number of quaternary nitrogens is 1. The number of carbonyl (C=O) groups excluding carboxylic acids is 1. The van der Waals surface area contributed by atoms with Gasteiger partial charge in [0.25, 0.3) is 5.91 Å². The van der Waals surface area contributed by atoms with Crippen molar-refractivity contribution < 1.29 is 10.1 Å². The first kappa shape index (κ1) is 14.3. The van der Waals surface area contributed by atoms with Gasteiger partial charge in [0.2, 0.25) is 0 Å². The van der Waals surface area contributed by atoms with Crippen LogP contribution in [0, 0.1) is 0 Å². The highest BCUT2D eigenvalue weighted by molar-refractivity contribution is 5.76. The molecule has 0 radical (unpaired) electrons. The molecule has 0 fully saturated rings. The van der Waals surface area contributed by atoms with Crippen LogP contribution in [0.3, 0.4) is 0 Å². The molecule has 0 unspecified atom stereocenters. The summed E-state index contributed by atoms with van der Waals surface area (Å²) in [6, 6.07) is 20.5. The molecule has 0 aliphatic carbocycles. The summed E-state index contributed by atoms with van der Waals surface area (Å²) in [7, 11) is 0. The molecule has 0 aromatic heterocycles. The highest BCUT2D eigenvalue weighted by Crippen LogP contribution is 2.05. The van der Waals surface area contributed by atoms with Crippen molar-refractivity contribution in [3.05, 3.63) is 71.8 Å². The Labute approximate surface area is 120 Å². The zero-order valence-electron chi connectivity index (χ0n) is 11.8. The molecule has 0 saturated heterocycles. The molecule has 0 spiro atoms. The first-order chi connectivity index (χ1) is 9.75. The van der Waals surface area contributed by atoms with Crippen LogP contribution >= 0.6 is 0 Å².